The van der Waals surface area contributed by atoms with Gasteiger partial charge in [0, 0.05) is 12.8 Å². The molecule has 3 nitrogen and oxygen atoms in total. The van der Waals surface area contributed by atoms with Crippen LogP contribution in [-0.4, -0.2) is 9.55 Å². The molecular formula is C16H12BrFN2OS. The lowest BCUT2D eigenvalue weighted by molar-refractivity contribution is 0.620. The normalized spacial score (nSPS) is 11.0. The van der Waals surface area contributed by atoms with Gasteiger partial charge >= 0.3 is 0 Å². The third-order valence-corrected chi connectivity index (χ3v) is 5.00. The molecule has 22 heavy (non-hydrogen) atoms. The largest absolute Gasteiger partial charge is 0.290 e. The third-order valence-electron chi connectivity index (χ3n) is 3.29. The van der Waals surface area contributed by atoms with Crippen molar-refractivity contribution in [3.63, 3.8) is 0 Å². The van der Waals surface area contributed by atoms with Crippen molar-refractivity contribution in [2.75, 3.05) is 0 Å². The second kappa shape index (κ2) is 6.22. The van der Waals surface area contributed by atoms with Crippen molar-refractivity contribution in [2.24, 2.45) is 7.05 Å². The number of thioether (sulfide) groups is 1. The second-order valence-electron chi connectivity index (χ2n) is 4.81. The van der Waals surface area contributed by atoms with E-state index in [1.807, 2.05) is 18.2 Å². The number of fused-ring (bicyclic) bond motifs is 1. The zero-order chi connectivity index (χ0) is 15.7. The molecule has 1 heterocycles. The molecule has 0 aliphatic carbocycles. The van der Waals surface area contributed by atoms with E-state index in [1.54, 1.807) is 29.8 Å². The van der Waals surface area contributed by atoms with E-state index in [0.717, 1.165) is 5.56 Å². The highest BCUT2D eigenvalue weighted by Crippen LogP contribution is 2.24. The molecule has 0 saturated carbocycles. The molecule has 0 unspecified atom stereocenters. The predicted molar refractivity (Wildman–Crippen MR) is 90.6 cm³/mol. The van der Waals surface area contributed by atoms with Crippen LogP contribution < -0.4 is 5.56 Å². The van der Waals surface area contributed by atoms with Crippen LogP contribution in [0.1, 0.15) is 5.56 Å². The minimum atomic E-state index is -0.287. The van der Waals surface area contributed by atoms with Crippen LogP contribution in [0, 0.1) is 5.82 Å². The van der Waals surface area contributed by atoms with Crippen LogP contribution in [0.15, 0.2) is 56.9 Å². The summed E-state index contributed by atoms with van der Waals surface area (Å²) in [5.74, 6) is 0.322. The van der Waals surface area contributed by atoms with Crippen LogP contribution in [-0.2, 0) is 12.8 Å². The minimum Gasteiger partial charge on any atom is -0.290 e. The number of halogens is 2. The summed E-state index contributed by atoms with van der Waals surface area (Å²) in [6.45, 7) is 0. The number of nitrogens with zero attached hydrogens (tertiary/aromatic N) is 2. The quantitative estimate of drug-likeness (QED) is 0.507. The summed E-state index contributed by atoms with van der Waals surface area (Å²) in [6.07, 6.45) is 0. The molecule has 3 rings (SSSR count). The van der Waals surface area contributed by atoms with Gasteiger partial charge in [0.1, 0.15) is 5.82 Å². The summed E-state index contributed by atoms with van der Waals surface area (Å²) in [4.78, 5) is 16.8. The van der Waals surface area contributed by atoms with E-state index >= 15 is 0 Å². The van der Waals surface area contributed by atoms with E-state index in [2.05, 4.69) is 20.9 Å². The van der Waals surface area contributed by atoms with Crippen molar-refractivity contribution >= 4 is 38.6 Å². The second-order valence-corrected chi connectivity index (χ2v) is 6.61. The molecule has 0 radical (unpaired) electrons. The van der Waals surface area contributed by atoms with Gasteiger partial charge in [0.2, 0.25) is 0 Å². The summed E-state index contributed by atoms with van der Waals surface area (Å²) < 4.78 is 15.2. The van der Waals surface area contributed by atoms with E-state index in [-0.39, 0.29) is 11.4 Å². The van der Waals surface area contributed by atoms with Gasteiger partial charge in [-0.3, -0.25) is 9.36 Å². The maximum absolute atomic E-state index is 13.2. The number of hydrogen-bond acceptors (Lipinski definition) is 3. The van der Waals surface area contributed by atoms with Gasteiger partial charge in [0.25, 0.3) is 5.56 Å². The molecule has 0 saturated heterocycles. The topological polar surface area (TPSA) is 34.9 Å². The number of benzene rings is 2. The zero-order valence-electron chi connectivity index (χ0n) is 11.7. The maximum atomic E-state index is 13.2. The fraction of sp³-hybridized carbons (Fsp3) is 0.125. The first-order valence-electron chi connectivity index (χ1n) is 6.59. The van der Waals surface area contributed by atoms with Crippen molar-refractivity contribution in [2.45, 2.75) is 10.9 Å². The summed E-state index contributed by atoms with van der Waals surface area (Å²) in [5, 5.41) is 1.25. The lowest BCUT2D eigenvalue weighted by atomic mass is 10.2. The summed E-state index contributed by atoms with van der Waals surface area (Å²) in [7, 11) is 1.71. The highest BCUT2D eigenvalue weighted by molar-refractivity contribution is 9.10. The van der Waals surface area contributed by atoms with Crippen molar-refractivity contribution in [1.29, 1.82) is 0 Å². The Labute approximate surface area is 139 Å². The predicted octanol–water partition coefficient (Wildman–Crippen LogP) is 4.13. The SMILES string of the molecule is Cn1c(SCc2ccc(F)c(Br)c2)nc2ccccc2c1=O. The monoisotopic (exact) mass is 378 g/mol. The Hall–Kier alpha value is -1.66. The lowest BCUT2D eigenvalue weighted by Gasteiger charge is -2.09. The number of rotatable bonds is 3. The van der Waals surface area contributed by atoms with Crippen molar-refractivity contribution in [1.82, 2.24) is 9.55 Å². The molecule has 0 bridgehead atoms. The molecule has 2 aromatic carbocycles. The molecule has 3 aromatic rings. The standard InChI is InChI=1S/C16H12BrFN2OS/c1-20-15(21)11-4-2-3-5-14(11)19-16(20)22-9-10-6-7-13(18)12(17)8-10/h2-8H,9H2,1H3. The Bertz CT molecular complexity index is 910. The van der Waals surface area contributed by atoms with Crippen molar-refractivity contribution in [3.05, 3.63) is 68.7 Å². The molecule has 0 spiro atoms. The molecule has 0 amide bonds. The average molecular weight is 379 g/mol. The summed E-state index contributed by atoms with van der Waals surface area (Å²) in [6, 6.07) is 12.2. The van der Waals surface area contributed by atoms with Gasteiger partial charge in [-0.1, -0.05) is 30.0 Å². The van der Waals surface area contributed by atoms with Gasteiger partial charge in [-0.2, -0.15) is 0 Å². The van der Waals surface area contributed by atoms with Gasteiger partial charge in [-0.05, 0) is 45.8 Å². The van der Waals surface area contributed by atoms with Crippen LogP contribution in [0.25, 0.3) is 10.9 Å². The van der Waals surface area contributed by atoms with E-state index in [1.165, 1.54) is 17.8 Å². The fourth-order valence-electron chi connectivity index (χ4n) is 2.10. The Balaban J connectivity index is 1.92. The summed E-state index contributed by atoms with van der Waals surface area (Å²) in [5.41, 5.74) is 1.59. The Morgan fingerprint density at radius 3 is 2.82 bits per heavy atom. The fourth-order valence-corrected chi connectivity index (χ4v) is 3.44. The lowest BCUT2D eigenvalue weighted by Crippen LogP contribution is -2.19. The number of para-hydroxylation sites is 1. The van der Waals surface area contributed by atoms with Crippen LogP contribution in [0.3, 0.4) is 0 Å². The maximum Gasteiger partial charge on any atom is 0.261 e. The first kappa shape index (κ1) is 15.2. The molecule has 1 aromatic heterocycles. The third kappa shape index (κ3) is 2.94. The van der Waals surface area contributed by atoms with Crippen molar-refractivity contribution < 1.29 is 4.39 Å². The van der Waals surface area contributed by atoms with E-state index in [9.17, 15) is 9.18 Å². The average Bonchev–Trinajstić information content (AvgIpc) is 2.53. The molecular weight excluding hydrogens is 367 g/mol. The number of aromatic nitrogens is 2. The highest BCUT2D eigenvalue weighted by atomic mass is 79.9. The van der Waals surface area contributed by atoms with Crippen LogP contribution >= 0.6 is 27.7 Å². The number of hydrogen-bond donors (Lipinski definition) is 0. The Kier molecular flexibility index (Phi) is 4.31. The van der Waals surface area contributed by atoms with Crippen LogP contribution in [0.5, 0.6) is 0 Å². The molecule has 0 N–H and O–H groups in total. The van der Waals surface area contributed by atoms with Gasteiger partial charge < -0.3 is 0 Å². The molecule has 0 aliphatic heterocycles. The van der Waals surface area contributed by atoms with Gasteiger partial charge in [0.05, 0.1) is 15.4 Å². The van der Waals surface area contributed by atoms with E-state index < -0.39 is 0 Å². The van der Waals surface area contributed by atoms with E-state index in [4.69, 9.17) is 0 Å². The minimum absolute atomic E-state index is 0.0617. The zero-order valence-corrected chi connectivity index (χ0v) is 14.1. The Morgan fingerprint density at radius 1 is 1.27 bits per heavy atom. The van der Waals surface area contributed by atoms with Crippen molar-refractivity contribution in [3.8, 4) is 0 Å². The molecule has 112 valence electrons. The van der Waals surface area contributed by atoms with Gasteiger partial charge in [-0.25, -0.2) is 9.37 Å². The smallest absolute Gasteiger partial charge is 0.261 e. The molecule has 0 aliphatic rings. The summed E-state index contributed by atoms with van der Waals surface area (Å²) >= 11 is 4.63. The molecule has 0 fully saturated rings. The molecule has 6 heteroatoms. The van der Waals surface area contributed by atoms with Crippen LogP contribution in [0.4, 0.5) is 4.39 Å². The first-order valence-corrected chi connectivity index (χ1v) is 8.36. The Morgan fingerprint density at radius 2 is 2.05 bits per heavy atom. The first-order chi connectivity index (χ1) is 10.6. The molecule has 0 atom stereocenters. The van der Waals surface area contributed by atoms with Crippen LogP contribution in [0.2, 0.25) is 0 Å². The highest BCUT2D eigenvalue weighted by Gasteiger charge is 2.09. The van der Waals surface area contributed by atoms with Gasteiger partial charge in [0.15, 0.2) is 5.16 Å². The van der Waals surface area contributed by atoms with E-state index in [0.29, 0.717) is 26.3 Å². The van der Waals surface area contributed by atoms with Gasteiger partial charge in [-0.15, -0.1) is 0 Å².